The summed E-state index contributed by atoms with van der Waals surface area (Å²) in [5.41, 5.74) is 3.86. The standard InChI is InChI=1S/C21H21N3O3/c1-14(23-16-8-10-17(27-2)11-9-16)21(26)24-22-13-19-18-6-4-3-5-15(18)7-12-20(19)25/h3-14,23,25H,1-2H3,(H,24,26)/b22-13-/t14-/m1/s1. The third kappa shape index (κ3) is 4.36. The molecule has 0 aliphatic carbocycles. The molecule has 0 fully saturated rings. The van der Waals surface area contributed by atoms with Crippen LogP contribution in [0.3, 0.4) is 0 Å². The number of nitrogens with zero attached hydrogens (tertiary/aromatic N) is 1. The molecule has 138 valence electrons. The van der Waals surface area contributed by atoms with Crippen LogP contribution in [0.25, 0.3) is 10.8 Å². The van der Waals surface area contributed by atoms with E-state index >= 15 is 0 Å². The van der Waals surface area contributed by atoms with E-state index < -0.39 is 6.04 Å². The molecule has 0 saturated carbocycles. The second-order valence-corrected chi connectivity index (χ2v) is 6.05. The summed E-state index contributed by atoms with van der Waals surface area (Å²) in [6.45, 7) is 1.74. The number of benzene rings is 3. The van der Waals surface area contributed by atoms with Crippen LogP contribution in [0.15, 0.2) is 65.8 Å². The molecule has 0 heterocycles. The van der Waals surface area contributed by atoms with Gasteiger partial charge in [-0.3, -0.25) is 4.79 Å². The Kier molecular flexibility index (Phi) is 5.56. The second kappa shape index (κ2) is 8.23. The number of rotatable bonds is 6. The van der Waals surface area contributed by atoms with Gasteiger partial charge in [-0.2, -0.15) is 5.10 Å². The van der Waals surface area contributed by atoms with E-state index in [2.05, 4.69) is 15.8 Å². The van der Waals surface area contributed by atoms with Crippen molar-refractivity contribution in [1.29, 1.82) is 0 Å². The Morgan fingerprint density at radius 1 is 1.11 bits per heavy atom. The van der Waals surface area contributed by atoms with Gasteiger partial charge in [0.1, 0.15) is 17.5 Å². The van der Waals surface area contributed by atoms with E-state index in [1.54, 1.807) is 20.1 Å². The van der Waals surface area contributed by atoms with Crippen molar-refractivity contribution in [3.63, 3.8) is 0 Å². The molecule has 6 nitrogen and oxygen atoms in total. The van der Waals surface area contributed by atoms with Crippen LogP contribution in [-0.2, 0) is 4.79 Å². The molecule has 27 heavy (non-hydrogen) atoms. The molecule has 0 aliphatic rings. The summed E-state index contributed by atoms with van der Waals surface area (Å²) in [5, 5.41) is 19.0. The number of hydrazone groups is 1. The fraction of sp³-hybridized carbons (Fsp3) is 0.143. The molecule has 0 aliphatic heterocycles. The predicted molar refractivity (Wildman–Crippen MR) is 107 cm³/mol. The largest absolute Gasteiger partial charge is 0.507 e. The zero-order valence-electron chi connectivity index (χ0n) is 15.1. The average molecular weight is 363 g/mol. The molecule has 0 bridgehead atoms. The molecule has 1 amide bonds. The molecule has 0 aromatic heterocycles. The molecule has 0 unspecified atom stereocenters. The number of ether oxygens (including phenoxy) is 1. The van der Waals surface area contributed by atoms with Crippen LogP contribution in [0.1, 0.15) is 12.5 Å². The number of aromatic hydroxyl groups is 1. The van der Waals surface area contributed by atoms with Gasteiger partial charge in [-0.1, -0.05) is 30.3 Å². The Morgan fingerprint density at radius 3 is 2.59 bits per heavy atom. The van der Waals surface area contributed by atoms with Crippen molar-refractivity contribution >= 4 is 28.6 Å². The van der Waals surface area contributed by atoms with Gasteiger partial charge in [0.2, 0.25) is 0 Å². The van der Waals surface area contributed by atoms with Gasteiger partial charge in [0.15, 0.2) is 0 Å². The van der Waals surface area contributed by atoms with E-state index in [1.165, 1.54) is 6.21 Å². The topological polar surface area (TPSA) is 83.0 Å². The Balaban J connectivity index is 1.65. The number of carbonyl (C=O) groups excluding carboxylic acids is 1. The van der Waals surface area contributed by atoms with Gasteiger partial charge in [0.25, 0.3) is 5.91 Å². The number of hydrogen-bond donors (Lipinski definition) is 3. The predicted octanol–water partition coefficient (Wildman–Crippen LogP) is 3.50. The highest BCUT2D eigenvalue weighted by Crippen LogP contribution is 2.25. The molecule has 3 aromatic rings. The van der Waals surface area contributed by atoms with Crippen LogP contribution in [0.5, 0.6) is 11.5 Å². The number of amides is 1. The molecular formula is C21H21N3O3. The summed E-state index contributed by atoms with van der Waals surface area (Å²) in [6.07, 6.45) is 1.45. The van der Waals surface area contributed by atoms with Gasteiger partial charge in [0.05, 0.1) is 13.3 Å². The second-order valence-electron chi connectivity index (χ2n) is 6.05. The highest BCUT2D eigenvalue weighted by atomic mass is 16.5. The van der Waals surface area contributed by atoms with Gasteiger partial charge in [0, 0.05) is 11.3 Å². The normalized spacial score (nSPS) is 12.1. The lowest BCUT2D eigenvalue weighted by Gasteiger charge is -2.13. The van der Waals surface area contributed by atoms with Gasteiger partial charge in [-0.05, 0) is 48.0 Å². The first kappa shape index (κ1) is 18.3. The fourth-order valence-corrected chi connectivity index (χ4v) is 2.68. The molecule has 0 radical (unpaired) electrons. The Hall–Kier alpha value is -3.54. The SMILES string of the molecule is COc1ccc(N[C@H](C)C(=O)N/N=C\c2c(O)ccc3ccccc23)cc1. The summed E-state index contributed by atoms with van der Waals surface area (Å²) in [4.78, 5) is 12.2. The van der Waals surface area contributed by atoms with E-state index in [-0.39, 0.29) is 11.7 Å². The Bertz CT molecular complexity index is 968. The first-order valence-electron chi connectivity index (χ1n) is 8.52. The third-order valence-corrected chi connectivity index (χ3v) is 4.18. The summed E-state index contributed by atoms with van der Waals surface area (Å²) >= 11 is 0. The van der Waals surface area contributed by atoms with Crippen LogP contribution >= 0.6 is 0 Å². The highest BCUT2D eigenvalue weighted by molar-refractivity contribution is 6.02. The number of phenolic OH excluding ortho intramolecular Hbond substituents is 1. The highest BCUT2D eigenvalue weighted by Gasteiger charge is 2.12. The monoisotopic (exact) mass is 363 g/mol. The molecule has 3 aromatic carbocycles. The van der Waals surface area contributed by atoms with Crippen LogP contribution in [-0.4, -0.2) is 30.4 Å². The molecule has 0 spiro atoms. The minimum Gasteiger partial charge on any atom is -0.507 e. The van der Waals surface area contributed by atoms with Crippen LogP contribution in [0.2, 0.25) is 0 Å². The molecule has 0 saturated heterocycles. The maximum atomic E-state index is 12.2. The van der Waals surface area contributed by atoms with Gasteiger partial charge >= 0.3 is 0 Å². The zero-order valence-corrected chi connectivity index (χ0v) is 15.1. The first-order chi connectivity index (χ1) is 13.1. The molecule has 3 rings (SSSR count). The quantitative estimate of drug-likeness (QED) is 0.462. The van der Waals surface area contributed by atoms with Crippen LogP contribution in [0, 0.1) is 0 Å². The summed E-state index contributed by atoms with van der Waals surface area (Å²) < 4.78 is 5.11. The van der Waals surface area contributed by atoms with Crippen molar-refractivity contribution in [2.45, 2.75) is 13.0 Å². The van der Waals surface area contributed by atoms with E-state index in [0.29, 0.717) is 5.56 Å². The summed E-state index contributed by atoms with van der Waals surface area (Å²) in [6, 6.07) is 17.9. The van der Waals surface area contributed by atoms with Crippen molar-refractivity contribution in [3.05, 3.63) is 66.2 Å². The number of hydrogen-bond acceptors (Lipinski definition) is 5. The van der Waals surface area contributed by atoms with E-state index in [0.717, 1.165) is 22.2 Å². The first-order valence-corrected chi connectivity index (χ1v) is 8.52. The zero-order chi connectivity index (χ0) is 19.2. The van der Waals surface area contributed by atoms with Gasteiger partial charge in [-0.25, -0.2) is 5.43 Å². The molecular weight excluding hydrogens is 342 g/mol. The maximum Gasteiger partial charge on any atom is 0.262 e. The number of anilines is 1. The smallest absolute Gasteiger partial charge is 0.262 e. The van der Waals surface area contributed by atoms with Crippen molar-refractivity contribution in [2.24, 2.45) is 5.10 Å². The van der Waals surface area contributed by atoms with Crippen molar-refractivity contribution in [3.8, 4) is 11.5 Å². The van der Waals surface area contributed by atoms with E-state index in [9.17, 15) is 9.90 Å². The Morgan fingerprint density at radius 2 is 1.85 bits per heavy atom. The Labute approximate surface area is 157 Å². The summed E-state index contributed by atoms with van der Waals surface area (Å²) in [5.74, 6) is 0.565. The van der Waals surface area contributed by atoms with Gasteiger partial charge < -0.3 is 15.2 Å². The fourth-order valence-electron chi connectivity index (χ4n) is 2.68. The van der Waals surface area contributed by atoms with Crippen molar-refractivity contribution < 1.29 is 14.6 Å². The number of fused-ring (bicyclic) bond motifs is 1. The minimum absolute atomic E-state index is 0.108. The number of phenols is 1. The lowest BCUT2D eigenvalue weighted by molar-refractivity contribution is -0.121. The molecule has 3 N–H and O–H groups in total. The number of carbonyl (C=O) groups is 1. The van der Waals surface area contributed by atoms with E-state index in [1.807, 2.05) is 54.6 Å². The third-order valence-electron chi connectivity index (χ3n) is 4.18. The summed E-state index contributed by atoms with van der Waals surface area (Å²) in [7, 11) is 1.60. The maximum absolute atomic E-state index is 12.2. The molecule has 1 atom stereocenters. The lowest BCUT2D eigenvalue weighted by atomic mass is 10.0. The van der Waals surface area contributed by atoms with Crippen molar-refractivity contribution in [2.75, 3.05) is 12.4 Å². The van der Waals surface area contributed by atoms with E-state index in [4.69, 9.17) is 4.74 Å². The average Bonchev–Trinajstić information content (AvgIpc) is 2.70. The van der Waals surface area contributed by atoms with Crippen molar-refractivity contribution in [1.82, 2.24) is 5.43 Å². The minimum atomic E-state index is -0.489. The molecule has 6 heteroatoms. The van der Waals surface area contributed by atoms with Crippen LogP contribution < -0.4 is 15.5 Å². The number of nitrogens with one attached hydrogen (secondary N) is 2. The van der Waals surface area contributed by atoms with Crippen LogP contribution in [0.4, 0.5) is 5.69 Å². The number of methoxy groups -OCH3 is 1. The van der Waals surface area contributed by atoms with Gasteiger partial charge in [-0.15, -0.1) is 0 Å². The lowest BCUT2D eigenvalue weighted by Crippen LogP contribution is -2.34.